The number of nitrogens with zero attached hydrogens (tertiary/aromatic N) is 1. The maximum atomic E-state index is 4.27. The number of allylic oxidation sites excluding steroid dienone is 9. The Hall–Kier alpha value is -3.97. The summed E-state index contributed by atoms with van der Waals surface area (Å²) in [5.41, 5.74) is 9.40. The van der Waals surface area contributed by atoms with Crippen LogP contribution in [0.1, 0.15) is 22.3 Å². The van der Waals surface area contributed by atoms with Gasteiger partial charge >= 0.3 is 0 Å². The van der Waals surface area contributed by atoms with Crippen molar-refractivity contribution < 1.29 is 0 Å². The molecule has 4 rings (SSSR count). The first-order valence-electron chi connectivity index (χ1n) is 10.9. The lowest BCUT2D eigenvalue weighted by Gasteiger charge is -2.10. The molecule has 3 aromatic rings. The fraction of sp³-hybridized carbons (Fsp3) is 0.0645. The Balaban J connectivity index is 1.77. The normalized spacial score (nSPS) is 13.6. The van der Waals surface area contributed by atoms with Crippen LogP contribution in [0.2, 0.25) is 0 Å². The Labute approximate surface area is 191 Å². The van der Waals surface area contributed by atoms with Crippen molar-refractivity contribution in [2.45, 2.75) is 6.92 Å². The van der Waals surface area contributed by atoms with E-state index in [4.69, 9.17) is 0 Å². The van der Waals surface area contributed by atoms with Crippen LogP contribution in [-0.4, -0.2) is 12.8 Å². The van der Waals surface area contributed by atoms with Gasteiger partial charge in [-0.25, -0.2) is 0 Å². The third kappa shape index (κ3) is 5.19. The summed E-state index contributed by atoms with van der Waals surface area (Å²) in [5.74, 6) is 0. The lowest BCUT2D eigenvalue weighted by atomic mass is 9.94. The lowest BCUT2D eigenvalue weighted by Crippen LogP contribution is -1.95. The largest absolute Gasteiger partial charge is 0.289 e. The Morgan fingerprint density at radius 2 is 1.22 bits per heavy atom. The van der Waals surface area contributed by atoms with Crippen LogP contribution in [0.3, 0.4) is 0 Å². The minimum absolute atomic E-state index is 0.982. The van der Waals surface area contributed by atoms with E-state index in [0.29, 0.717) is 0 Å². The molecule has 0 unspecified atom stereocenters. The smallest absolute Gasteiger partial charge is 0.0571 e. The van der Waals surface area contributed by atoms with Gasteiger partial charge in [0.25, 0.3) is 0 Å². The molecule has 1 heteroatoms. The van der Waals surface area contributed by atoms with Gasteiger partial charge in [0.05, 0.1) is 5.71 Å². The van der Waals surface area contributed by atoms with Gasteiger partial charge in [0, 0.05) is 7.05 Å². The lowest BCUT2D eigenvalue weighted by molar-refractivity contribution is 1.44. The van der Waals surface area contributed by atoms with Gasteiger partial charge in [0.1, 0.15) is 0 Å². The van der Waals surface area contributed by atoms with Crippen LogP contribution in [0.5, 0.6) is 0 Å². The zero-order chi connectivity index (χ0) is 22.2. The monoisotopic (exact) mass is 413 g/mol. The van der Waals surface area contributed by atoms with E-state index in [1.165, 1.54) is 39.0 Å². The van der Waals surface area contributed by atoms with E-state index in [2.05, 4.69) is 139 Å². The molecule has 0 bridgehead atoms. The number of rotatable bonds is 5. The second-order valence-electron chi connectivity index (χ2n) is 7.72. The molecule has 0 heterocycles. The Bertz CT molecular complexity index is 1210. The summed E-state index contributed by atoms with van der Waals surface area (Å²) in [7, 11) is 1.82. The highest BCUT2D eigenvalue weighted by molar-refractivity contribution is 6.06. The molecule has 0 spiro atoms. The van der Waals surface area contributed by atoms with Crippen molar-refractivity contribution >= 4 is 16.9 Å². The predicted molar refractivity (Wildman–Crippen MR) is 139 cm³/mol. The summed E-state index contributed by atoms with van der Waals surface area (Å²) in [5, 5.41) is 0. The van der Waals surface area contributed by atoms with Crippen molar-refractivity contribution in [1.82, 2.24) is 0 Å². The Kier molecular flexibility index (Phi) is 6.89. The summed E-state index contributed by atoms with van der Waals surface area (Å²) in [6, 6.07) is 29.8. The highest BCUT2D eigenvalue weighted by Gasteiger charge is 2.07. The van der Waals surface area contributed by atoms with E-state index in [-0.39, 0.29) is 0 Å². The maximum absolute atomic E-state index is 4.27. The topological polar surface area (TPSA) is 12.4 Å². The van der Waals surface area contributed by atoms with Crippen molar-refractivity contribution in [2.75, 3.05) is 7.05 Å². The maximum Gasteiger partial charge on any atom is 0.0571 e. The number of hydrogen-bond donors (Lipinski definition) is 0. The minimum Gasteiger partial charge on any atom is -0.289 e. The summed E-state index contributed by atoms with van der Waals surface area (Å²) in [6.07, 6.45) is 15.0. The highest BCUT2D eigenvalue weighted by atomic mass is 14.7. The van der Waals surface area contributed by atoms with Crippen LogP contribution in [0.4, 0.5) is 0 Å². The fourth-order valence-corrected chi connectivity index (χ4v) is 3.72. The van der Waals surface area contributed by atoms with E-state index >= 15 is 0 Å². The molecule has 0 atom stereocenters. The molecule has 156 valence electrons. The first-order valence-corrected chi connectivity index (χ1v) is 10.9. The average molecular weight is 414 g/mol. The van der Waals surface area contributed by atoms with Crippen LogP contribution in [-0.2, 0) is 0 Å². The van der Waals surface area contributed by atoms with E-state index in [0.717, 1.165) is 5.71 Å². The van der Waals surface area contributed by atoms with Crippen molar-refractivity contribution in [3.63, 3.8) is 0 Å². The molecule has 32 heavy (non-hydrogen) atoms. The molecule has 0 N–H and O–H groups in total. The molecule has 3 aromatic carbocycles. The van der Waals surface area contributed by atoms with Crippen molar-refractivity contribution in [2.24, 2.45) is 4.99 Å². The van der Waals surface area contributed by atoms with Gasteiger partial charge in [-0.05, 0) is 52.5 Å². The van der Waals surface area contributed by atoms with Gasteiger partial charge in [-0.15, -0.1) is 0 Å². The third-order valence-corrected chi connectivity index (χ3v) is 5.49. The molecule has 0 amide bonds. The second kappa shape index (κ2) is 10.4. The zero-order valence-corrected chi connectivity index (χ0v) is 18.6. The quantitative estimate of drug-likeness (QED) is 0.381. The first-order chi connectivity index (χ1) is 15.7. The summed E-state index contributed by atoms with van der Waals surface area (Å²) < 4.78 is 0. The van der Waals surface area contributed by atoms with Crippen LogP contribution < -0.4 is 0 Å². The molecule has 0 fully saturated rings. The van der Waals surface area contributed by atoms with Crippen molar-refractivity contribution in [3.8, 4) is 0 Å². The Morgan fingerprint density at radius 3 is 1.81 bits per heavy atom. The number of benzene rings is 3. The highest BCUT2D eigenvalue weighted by Crippen LogP contribution is 2.26. The Morgan fingerprint density at radius 1 is 0.656 bits per heavy atom. The van der Waals surface area contributed by atoms with Gasteiger partial charge in [-0.1, -0.05) is 121 Å². The third-order valence-electron chi connectivity index (χ3n) is 5.49. The number of aliphatic imine (C=N–C) groups is 1. The van der Waals surface area contributed by atoms with E-state index in [1.54, 1.807) is 0 Å². The molecule has 0 aromatic heterocycles. The van der Waals surface area contributed by atoms with Gasteiger partial charge < -0.3 is 0 Å². The number of hydrogen-bond acceptors (Lipinski definition) is 1. The van der Waals surface area contributed by atoms with Crippen LogP contribution in [0.15, 0.2) is 138 Å². The summed E-state index contributed by atoms with van der Waals surface area (Å²) >= 11 is 0. The molecular formula is C31H27N. The van der Waals surface area contributed by atoms with Crippen molar-refractivity contribution in [3.05, 3.63) is 155 Å². The van der Waals surface area contributed by atoms with Gasteiger partial charge in [-0.2, -0.15) is 0 Å². The molecule has 1 aliphatic carbocycles. The molecule has 0 aliphatic heterocycles. The molecule has 0 saturated carbocycles. The van der Waals surface area contributed by atoms with E-state index in [9.17, 15) is 0 Å². The van der Waals surface area contributed by atoms with Gasteiger partial charge in [-0.3, -0.25) is 4.99 Å². The predicted octanol–water partition coefficient (Wildman–Crippen LogP) is 7.63. The summed E-state index contributed by atoms with van der Waals surface area (Å²) in [4.78, 5) is 4.27. The van der Waals surface area contributed by atoms with Gasteiger partial charge in [0.2, 0.25) is 0 Å². The second-order valence-corrected chi connectivity index (χ2v) is 7.72. The molecular weight excluding hydrogens is 386 g/mol. The van der Waals surface area contributed by atoms with Crippen LogP contribution >= 0.6 is 0 Å². The molecule has 1 nitrogen and oxygen atoms in total. The summed E-state index contributed by atoms with van der Waals surface area (Å²) in [6.45, 7) is 2.12. The fourth-order valence-electron chi connectivity index (χ4n) is 3.72. The van der Waals surface area contributed by atoms with Gasteiger partial charge in [0.15, 0.2) is 0 Å². The average Bonchev–Trinajstić information content (AvgIpc) is 2.86. The molecule has 1 aliphatic rings. The van der Waals surface area contributed by atoms with Crippen molar-refractivity contribution in [1.29, 1.82) is 0 Å². The zero-order valence-electron chi connectivity index (χ0n) is 18.6. The van der Waals surface area contributed by atoms with E-state index < -0.39 is 0 Å². The standard InChI is InChI=1S/C31H27N/c1-24-16-18-27(19-17-24)30(25-10-5-3-6-11-25)14-9-15-31(26-12-7-4-8-13-26)28-20-22-29(32-2)23-21-28/h3-23H,1-2H3. The van der Waals surface area contributed by atoms with Crippen LogP contribution in [0, 0.1) is 6.92 Å². The minimum atomic E-state index is 0.982. The number of aryl methyl sites for hydroxylation is 1. The SMILES string of the molecule is CN=C1C=CC(=C(C=CC=C(c2ccccc2)c2ccc(C)cc2)c2ccccc2)C=C1. The first kappa shape index (κ1) is 21.3. The van der Waals surface area contributed by atoms with E-state index in [1.807, 2.05) is 7.05 Å². The molecule has 0 saturated heterocycles. The van der Waals surface area contributed by atoms with Crippen LogP contribution in [0.25, 0.3) is 11.1 Å². The molecule has 0 radical (unpaired) electrons.